The zero-order valence-corrected chi connectivity index (χ0v) is 12.0. The maximum absolute atomic E-state index is 6.07. The number of hydrogen-bond acceptors (Lipinski definition) is 3. The molecule has 0 spiro atoms. The van der Waals surface area contributed by atoms with E-state index in [1.54, 1.807) is 18.4 Å². The second-order valence-corrected chi connectivity index (χ2v) is 6.40. The molecule has 1 heterocycles. The summed E-state index contributed by atoms with van der Waals surface area (Å²) < 4.78 is 6.19. The van der Waals surface area contributed by atoms with Crippen LogP contribution in [0.3, 0.4) is 0 Å². The monoisotopic (exact) mass is 273 g/mol. The first kappa shape index (κ1) is 13.3. The lowest BCUT2D eigenvalue weighted by atomic mass is 10.1. The smallest absolute Gasteiger partial charge is 0.0934 e. The van der Waals surface area contributed by atoms with E-state index >= 15 is 0 Å². The summed E-state index contributed by atoms with van der Waals surface area (Å²) in [6.45, 7) is 3.00. The van der Waals surface area contributed by atoms with Gasteiger partial charge in [-0.05, 0) is 30.9 Å². The van der Waals surface area contributed by atoms with E-state index in [4.69, 9.17) is 16.3 Å². The van der Waals surface area contributed by atoms with Gasteiger partial charge in [0, 0.05) is 24.1 Å². The molecule has 0 saturated heterocycles. The van der Waals surface area contributed by atoms with Crippen molar-refractivity contribution in [3.63, 3.8) is 0 Å². The molecule has 1 aliphatic rings. The van der Waals surface area contributed by atoms with Crippen LogP contribution in [0.4, 0.5) is 0 Å². The van der Waals surface area contributed by atoms with Gasteiger partial charge in [0.25, 0.3) is 0 Å². The maximum atomic E-state index is 6.07. The molecule has 96 valence electrons. The molecule has 2 nitrogen and oxygen atoms in total. The van der Waals surface area contributed by atoms with Gasteiger partial charge in [0.05, 0.1) is 10.9 Å². The molecule has 1 N–H and O–H groups in total. The fourth-order valence-corrected chi connectivity index (χ4v) is 3.91. The summed E-state index contributed by atoms with van der Waals surface area (Å²) in [4.78, 5) is 1.46. The minimum atomic E-state index is 0.458. The van der Waals surface area contributed by atoms with E-state index < -0.39 is 0 Å². The standard InChI is InChI=1S/C13H20ClNOS/c1-3-4-9(8-16-2)15-11-5-6-12-10(11)7-13(14)17-12/h7,9,11,15H,3-6,8H2,1-2H3. The van der Waals surface area contributed by atoms with Crippen LogP contribution >= 0.6 is 22.9 Å². The van der Waals surface area contributed by atoms with E-state index in [0.29, 0.717) is 12.1 Å². The fraction of sp³-hybridized carbons (Fsp3) is 0.692. The highest BCUT2D eigenvalue weighted by Gasteiger charge is 2.26. The van der Waals surface area contributed by atoms with Crippen LogP contribution in [0.5, 0.6) is 0 Å². The zero-order chi connectivity index (χ0) is 12.3. The van der Waals surface area contributed by atoms with Gasteiger partial charge < -0.3 is 10.1 Å². The third kappa shape index (κ3) is 3.22. The molecule has 1 aromatic rings. The van der Waals surface area contributed by atoms with Gasteiger partial charge in [-0.1, -0.05) is 24.9 Å². The largest absolute Gasteiger partial charge is 0.383 e. The van der Waals surface area contributed by atoms with Crippen LogP contribution in [0, 0.1) is 0 Å². The second-order valence-electron chi connectivity index (χ2n) is 4.63. The van der Waals surface area contributed by atoms with Crippen LogP contribution < -0.4 is 5.32 Å². The molecule has 0 fully saturated rings. The number of hydrogen-bond donors (Lipinski definition) is 1. The van der Waals surface area contributed by atoms with Crippen molar-refractivity contribution in [3.8, 4) is 0 Å². The molecule has 2 rings (SSSR count). The van der Waals surface area contributed by atoms with Crippen LogP contribution in [0.25, 0.3) is 0 Å². The first-order valence-corrected chi connectivity index (χ1v) is 7.47. The zero-order valence-electron chi connectivity index (χ0n) is 10.5. The molecule has 1 aromatic heterocycles. The van der Waals surface area contributed by atoms with Crippen LogP contribution in [0.2, 0.25) is 4.34 Å². The Morgan fingerprint density at radius 2 is 2.47 bits per heavy atom. The molecule has 0 radical (unpaired) electrons. The van der Waals surface area contributed by atoms with Gasteiger partial charge in [-0.15, -0.1) is 11.3 Å². The number of aryl methyl sites for hydroxylation is 1. The Labute approximate surface area is 112 Å². The molecule has 0 saturated carbocycles. The van der Waals surface area contributed by atoms with Crippen molar-refractivity contribution >= 4 is 22.9 Å². The number of ether oxygens (including phenoxy) is 1. The van der Waals surface area contributed by atoms with Gasteiger partial charge in [-0.25, -0.2) is 0 Å². The average Bonchev–Trinajstić information content (AvgIpc) is 2.80. The van der Waals surface area contributed by atoms with Gasteiger partial charge in [0.2, 0.25) is 0 Å². The first-order valence-electron chi connectivity index (χ1n) is 6.27. The number of halogens is 1. The summed E-state index contributed by atoms with van der Waals surface area (Å²) in [6.07, 6.45) is 4.71. The van der Waals surface area contributed by atoms with Crippen molar-refractivity contribution in [2.24, 2.45) is 0 Å². The van der Waals surface area contributed by atoms with Crippen molar-refractivity contribution < 1.29 is 4.74 Å². The van der Waals surface area contributed by atoms with Crippen LogP contribution in [-0.4, -0.2) is 19.8 Å². The predicted molar refractivity (Wildman–Crippen MR) is 74.1 cm³/mol. The lowest BCUT2D eigenvalue weighted by Crippen LogP contribution is -2.35. The Bertz CT molecular complexity index is 360. The van der Waals surface area contributed by atoms with Crippen molar-refractivity contribution in [1.82, 2.24) is 5.32 Å². The molecule has 0 bridgehead atoms. The maximum Gasteiger partial charge on any atom is 0.0934 e. The molecule has 0 aliphatic heterocycles. The average molecular weight is 274 g/mol. The third-order valence-electron chi connectivity index (χ3n) is 3.29. The summed E-state index contributed by atoms with van der Waals surface area (Å²) >= 11 is 7.80. The number of fused-ring (bicyclic) bond motifs is 1. The quantitative estimate of drug-likeness (QED) is 0.851. The Morgan fingerprint density at radius 3 is 3.18 bits per heavy atom. The number of methoxy groups -OCH3 is 1. The van der Waals surface area contributed by atoms with E-state index in [9.17, 15) is 0 Å². The molecule has 2 atom stereocenters. The molecule has 0 amide bonds. The predicted octanol–water partition coefficient (Wildman–Crippen LogP) is 3.79. The van der Waals surface area contributed by atoms with Gasteiger partial charge in [0.15, 0.2) is 0 Å². The molecule has 17 heavy (non-hydrogen) atoms. The van der Waals surface area contributed by atoms with Crippen LogP contribution in [0.1, 0.15) is 42.7 Å². The number of nitrogens with one attached hydrogen (secondary N) is 1. The van der Waals surface area contributed by atoms with Gasteiger partial charge in [-0.3, -0.25) is 0 Å². The van der Waals surface area contributed by atoms with Gasteiger partial charge >= 0.3 is 0 Å². The highest BCUT2D eigenvalue weighted by atomic mass is 35.5. The van der Waals surface area contributed by atoms with E-state index in [2.05, 4.69) is 18.3 Å². The van der Waals surface area contributed by atoms with Crippen LogP contribution in [0.15, 0.2) is 6.07 Å². The second kappa shape index (κ2) is 6.19. The molecule has 0 aromatic carbocycles. The van der Waals surface area contributed by atoms with Crippen molar-refractivity contribution in [2.45, 2.75) is 44.7 Å². The third-order valence-corrected chi connectivity index (χ3v) is 4.63. The first-order chi connectivity index (χ1) is 8.24. The van der Waals surface area contributed by atoms with Crippen molar-refractivity contribution in [3.05, 3.63) is 20.8 Å². The number of thiophene rings is 1. The molecular weight excluding hydrogens is 254 g/mol. The number of rotatable bonds is 6. The Balaban J connectivity index is 1.99. The van der Waals surface area contributed by atoms with E-state index in [-0.39, 0.29) is 0 Å². The Hall–Kier alpha value is -0.0900. The van der Waals surface area contributed by atoms with E-state index in [1.165, 1.54) is 23.3 Å². The lowest BCUT2D eigenvalue weighted by Gasteiger charge is -2.22. The topological polar surface area (TPSA) is 21.3 Å². The SMILES string of the molecule is CCCC(COC)NC1CCc2sc(Cl)cc21. The summed E-state index contributed by atoms with van der Waals surface area (Å²) in [5.74, 6) is 0. The fourth-order valence-electron chi connectivity index (χ4n) is 2.55. The van der Waals surface area contributed by atoms with Gasteiger partial charge in [0.1, 0.15) is 0 Å². The van der Waals surface area contributed by atoms with E-state index in [1.807, 2.05) is 0 Å². The molecule has 4 heteroatoms. The minimum absolute atomic E-state index is 0.458. The summed E-state index contributed by atoms with van der Waals surface area (Å²) in [6, 6.07) is 3.06. The Kier molecular flexibility index (Phi) is 4.86. The van der Waals surface area contributed by atoms with Gasteiger partial charge in [-0.2, -0.15) is 0 Å². The normalized spacial score (nSPS) is 20.5. The highest BCUT2D eigenvalue weighted by Crippen LogP contribution is 2.39. The highest BCUT2D eigenvalue weighted by molar-refractivity contribution is 7.16. The van der Waals surface area contributed by atoms with Crippen LogP contribution in [-0.2, 0) is 11.2 Å². The minimum Gasteiger partial charge on any atom is -0.383 e. The summed E-state index contributed by atoms with van der Waals surface area (Å²) in [5.41, 5.74) is 1.41. The van der Waals surface area contributed by atoms with Crippen molar-refractivity contribution in [2.75, 3.05) is 13.7 Å². The van der Waals surface area contributed by atoms with Crippen molar-refractivity contribution in [1.29, 1.82) is 0 Å². The van der Waals surface area contributed by atoms with E-state index in [0.717, 1.165) is 23.8 Å². The summed E-state index contributed by atoms with van der Waals surface area (Å²) in [7, 11) is 1.77. The Morgan fingerprint density at radius 1 is 1.65 bits per heavy atom. The summed E-state index contributed by atoms with van der Waals surface area (Å²) in [5, 5.41) is 3.71. The lowest BCUT2D eigenvalue weighted by molar-refractivity contribution is 0.155. The molecule has 2 unspecified atom stereocenters. The molecular formula is C13H20ClNOS. The molecule has 1 aliphatic carbocycles.